The first-order valence-electron chi connectivity index (χ1n) is 17.5. The zero-order chi connectivity index (χ0) is 37.6. The smallest absolute Gasteiger partial charge is 0.223 e. The molecular weight excluding hydrogens is 682 g/mol. The highest BCUT2D eigenvalue weighted by atomic mass is 16.8. The Hall–Kier alpha value is -1.29. The van der Waals surface area contributed by atoms with Crippen molar-refractivity contribution in [3.8, 4) is 0 Å². The van der Waals surface area contributed by atoms with Crippen molar-refractivity contribution in [3.05, 3.63) is 0 Å². The standard InChI is InChI=1S/C30H59N7O14/c1-11(2-3-31)27(45)37-14-6-12(33)24(49-28-13(34)7-15(40)17(47-28)9-36-4-5-38)26(20(14)41)51-30-23(44)25(18(10-39)48-30)50-29-19(35)22(43)21(42)16(8-32)46-29/h11-26,28-30,36,38-44H,2-10,31-35H2,1H3,(H,37,45)/t11-,12-,13?,14+,15-,16-,17+,18+,19?,20-,21+,22+,23+,24+,25+,26+,28+,29+,30-/m0/s1. The summed E-state index contributed by atoms with van der Waals surface area (Å²) in [6, 6.07) is -3.94. The molecule has 0 aromatic rings. The van der Waals surface area contributed by atoms with Crippen LogP contribution in [0.15, 0.2) is 0 Å². The molecule has 21 heteroatoms. The molecule has 0 aromatic heterocycles. The molecule has 21 nitrogen and oxygen atoms in total. The van der Waals surface area contributed by atoms with Crippen LogP contribution in [0, 0.1) is 5.92 Å². The fraction of sp³-hybridized carbons (Fsp3) is 0.967. The van der Waals surface area contributed by atoms with Crippen molar-refractivity contribution in [1.82, 2.24) is 10.6 Å². The average Bonchev–Trinajstić information content (AvgIpc) is 3.39. The predicted octanol–water partition coefficient (Wildman–Crippen LogP) is -8.10. The van der Waals surface area contributed by atoms with Crippen molar-refractivity contribution in [2.45, 2.75) is 136 Å². The van der Waals surface area contributed by atoms with Crippen LogP contribution in [0.3, 0.4) is 0 Å². The van der Waals surface area contributed by atoms with Gasteiger partial charge >= 0.3 is 0 Å². The lowest BCUT2D eigenvalue weighted by Gasteiger charge is -2.47. The normalized spacial score (nSPS) is 45.4. The number of hydrogen-bond donors (Lipinski definition) is 14. The molecule has 298 valence electrons. The molecule has 0 aromatic carbocycles. The van der Waals surface area contributed by atoms with Crippen LogP contribution >= 0.6 is 0 Å². The molecule has 0 radical (unpaired) electrons. The Morgan fingerprint density at radius 1 is 0.784 bits per heavy atom. The highest BCUT2D eigenvalue weighted by Gasteiger charge is 2.54. The number of ether oxygens (including phenoxy) is 6. The van der Waals surface area contributed by atoms with E-state index in [0.717, 1.165) is 0 Å². The Balaban J connectivity index is 1.55. The van der Waals surface area contributed by atoms with Gasteiger partial charge in [0.05, 0.1) is 43.5 Å². The van der Waals surface area contributed by atoms with Crippen molar-refractivity contribution < 1.29 is 69.0 Å². The first-order chi connectivity index (χ1) is 24.3. The first-order valence-corrected chi connectivity index (χ1v) is 17.5. The largest absolute Gasteiger partial charge is 0.395 e. The Bertz CT molecular complexity index is 1070. The monoisotopic (exact) mass is 741 g/mol. The van der Waals surface area contributed by atoms with E-state index in [-0.39, 0.29) is 51.5 Å². The van der Waals surface area contributed by atoms with Crippen LogP contribution in [0.25, 0.3) is 0 Å². The minimum atomic E-state index is -1.65. The molecule has 1 saturated carbocycles. The number of nitrogens with one attached hydrogen (secondary N) is 2. The van der Waals surface area contributed by atoms with E-state index in [1.807, 2.05) is 0 Å². The molecule has 2 unspecified atom stereocenters. The van der Waals surface area contributed by atoms with Crippen molar-refractivity contribution >= 4 is 5.91 Å². The van der Waals surface area contributed by atoms with Crippen molar-refractivity contribution in [2.24, 2.45) is 34.6 Å². The van der Waals surface area contributed by atoms with E-state index in [0.29, 0.717) is 6.42 Å². The van der Waals surface area contributed by atoms with Gasteiger partial charge < -0.3 is 103 Å². The van der Waals surface area contributed by atoms with Gasteiger partial charge in [0, 0.05) is 31.6 Å². The summed E-state index contributed by atoms with van der Waals surface area (Å²) in [5, 5.41) is 79.3. The zero-order valence-corrected chi connectivity index (χ0v) is 28.7. The molecule has 51 heavy (non-hydrogen) atoms. The SMILES string of the molecule is C[C@@H](CCN)C(=O)N[C@@H]1C[C@H](N)[C@@H](O[C@H]2O[C@H](CNCCO)[C@@H](O)CC2N)[C@H](O[C@@H]2O[C@H](CO)[C@@H](O[C@H]3O[C@@H](CN)[C@@H](O)[C@H](O)C3N)[C@H]2O)[C@H]1O. The van der Waals surface area contributed by atoms with E-state index in [4.69, 9.17) is 62.2 Å². The van der Waals surface area contributed by atoms with Gasteiger partial charge in [-0.05, 0) is 25.8 Å². The third kappa shape index (κ3) is 10.1. The molecule has 4 rings (SSSR count). The van der Waals surface area contributed by atoms with Crippen LogP contribution in [0.2, 0.25) is 0 Å². The van der Waals surface area contributed by atoms with Gasteiger partial charge in [0.2, 0.25) is 5.91 Å². The van der Waals surface area contributed by atoms with Crippen molar-refractivity contribution in [1.29, 1.82) is 0 Å². The van der Waals surface area contributed by atoms with Gasteiger partial charge in [-0.2, -0.15) is 0 Å². The van der Waals surface area contributed by atoms with Crippen molar-refractivity contribution in [3.63, 3.8) is 0 Å². The van der Waals surface area contributed by atoms with Crippen LogP contribution in [0.4, 0.5) is 0 Å². The number of nitrogens with two attached hydrogens (primary N) is 5. The van der Waals surface area contributed by atoms with E-state index in [1.165, 1.54) is 0 Å². The Morgan fingerprint density at radius 2 is 1.43 bits per heavy atom. The Morgan fingerprint density at radius 3 is 2.08 bits per heavy atom. The summed E-state index contributed by atoms with van der Waals surface area (Å²) in [6.07, 6.45) is -17.5. The molecule has 0 bridgehead atoms. The van der Waals surface area contributed by atoms with Crippen LogP contribution in [0.5, 0.6) is 0 Å². The van der Waals surface area contributed by atoms with Gasteiger partial charge in [0.15, 0.2) is 18.9 Å². The molecule has 0 spiro atoms. The van der Waals surface area contributed by atoms with Gasteiger partial charge in [0.25, 0.3) is 0 Å². The van der Waals surface area contributed by atoms with E-state index < -0.39 is 123 Å². The maximum absolute atomic E-state index is 13.0. The van der Waals surface area contributed by atoms with Crippen LogP contribution in [-0.4, -0.2) is 191 Å². The van der Waals surface area contributed by atoms with Crippen LogP contribution in [0.1, 0.15) is 26.2 Å². The molecule has 1 aliphatic carbocycles. The fourth-order valence-corrected chi connectivity index (χ4v) is 6.83. The molecule has 3 aliphatic heterocycles. The van der Waals surface area contributed by atoms with Crippen LogP contribution in [-0.2, 0) is 33.2 Å². The third-order valence-electron chi connectivity index (χ3n) is 9.96. The summed E-state index contributed by atoms with van der Waals surface area (Å²) in [5.74, 6) is -0.851. The zero-order valence-electron chi connectivity index (χ0n) is 28.7. The van der Waals surface area contributed by atoms with E-state index in [2.05, 4.69) is 10.6 Å². The number of aliphatic hydroxyl groups is 7. The molecular formula is C30H59N7O14. The molecule has 1 amide bonds. The average molecular weight is 742 g/mol. The van der Waals surface area contributed by atoms with E-state index >= 15 is 0 Å². The Kier molecular flexibility index (Phi) is 16.1. The lowest BCUT2D eigenvalue weighted by atomic mass is 9.83. The lowest BCUT2D eigenvalue weighted by molar-refractivity contribution is -0.296. The number of rotatable bonds is 16. The minimum absolute atomic E-state index is 0.0331. The maximum Gasteiger partial charge on any atom is 0.223 e. The van der Waals surface area contributed by atoms with Crippen molar-refractivity contribution in [2.75, 3.05) is 39.4 Å². The molecule has 3 heterocycles. The summed E-state index contributed by atoms with van der Waals surface area (Å²) in [7, 11) is 0. The highest BCUT2D eigenvalue weighted by molar-refractivity contribution is 5.78. The number of aliphatic hydroxyl groups excluding tert-OH is 7. The van der Waals surface area contributed by atoms with Crippen LogP contribution < -0.4 is 39.3 Å². The topological polar surface area (TPSA) is 368 Å². The highest BCUT2D eigenvalue weighted by Crippen LogP contribution is 2.34. The van der Waals surface area contributed by atoms with E-state index in [9.17, 15) is 35.4 Å². The quantitative estimate of drug-likeness (QED) is 0.0653. The maximum atomic E-state index is 13.0. The number of amides is 1. The summed E-state index contributed by atoms with van der Waals surface area (Å²) in [5.41, 5.74) is 30.3. The third-order valence-corrected chi connectivity index (χ3v) is 9.96. The summed E-state index contributed by atoms with van der Waals surface area (Å²) >= 11 is 0. The van der Waals surface area contributed by atoms with Gasteiger partial charge in [-0.3, -0.25) is 4.79 Å². The second kappa shape index (κ2) is 19.3. The summed E-state index contributed by atoms with van der Waals surface area (Å²) in [4.78, 5) is 13.0. The molecule has 19 N–H and O–H groups in total. The van der Waals surface area contributed by atoms with Gasteiger partial charge in [-0.25, -0.2) is 0 Å². The lowest BCUT2D eigenvalue weighted by Crippen LogP contribution is -2.67. The Labute approximate surface area is 296 Å². The second-order valence-electron chi connectivity index (χ2n) is 13.8. The fourth-order valence-electron chi connectivity index (χ4n) is 6.83. The van der Waals surface area contributed by atoms with Gasteiger partial charge in [0.1, 0.15) is 54.9 Å². The molecule has 19 atom stereocenters. The molecule has 4 aliphatic rings. The van der Waals surface area contributed by atoms with Gasteiger partial charge in [-0.1, -0.05) is 6.92 Å². The van der Waals surface area contributed by atoms with Gasteiger partial charge in [-0.15, -0.1) is 0 Å². The molecule has 4 fully saturated rings. The first kappa shape index (κ1) is 42.5. The van der Waals surface area contributed by atoms with E-state index in [1.54, 1.807) is 6.92 Å². The number of carbonyl (C=O) groups is 1. The molecule has 3 saturated heterocycles. The number of carbonyl (C=O) groups excluding carboxylic acids is 1. The summed E-state index contributed by atoms with van der Waals surface area (Å²) in [6.45, 7) is 1.41. The predicted molar refractivity (Wildman–Crippen MR) is 175 cm³/mol. The minimum Gasteiger partial charge on any atom is -0.395 e. The number of hydrogen-bond acceptors (Lipinski definition) is 20. The summed E-state index contributed by atoms with van der Waals surface area (Å²) < 4.78 is 35.8. The second-order valence-corrected chi connectivity index (χ2v) is 13.8.